The molecule has 0 saturated carbocycles. The zero-order valence-electron chi connectivity index (χ0n) is 9.94. The first-order valence-electron chi connectivity index (χ1n) is 6.09. The zero-order valence-corrected chi connectivity index (χ0v) is 10.8. The van der Waals surface area contributed by atoms with Gasteiger partial charge in [0.25, 0.3) is 0 Å². The van der Waals surface area contributed by atoms with Gasteiger partial charge in [0.15, 0.2) is 0 Å². The molecule has 1 rings (SSSR count). The van der Waals surface area contributed by atoms with Gasteiger partial charge >= 0.3 is 0 Å². The molecule has 2 heteroatoms. The number of rotatable bonds is 5. The number of unbranched alkanes of at least 4 members (excludes halogenated alkanes) is 3. The van der Waals surface area contributed by atoms with Crippen molar-refractivity contribution in [2.24, 2.45) is 0 Å². The maximum Gasteiger partial charge on any atom is 0.0619 e. The van der Waals surface area contributed by atoms with E-state index in [4.69, 9.17) is 0 Å². The highest BCUT2D eigenvalue weighted by molar-refractivity contribution is 8.01. The van der Waals surface area contributed by atoms with Crippen LogP contribution in [0.2, 0.25) is 0 Å². The highest BCUT2D eigenvalue weighted by Crippen LogP contribution is 2.35. The van der Waals surface area contributed by atoms with Crippen LogP contribution >= 0.6 is 11.8 Å². The molecule has 0 aliphatic carbocycles. The van der Waals surface area contributed by atoms with Crippen LogP contribution in [0.4, 0.5) is 0 Å². The average molecular weight is 215 g/mol. The first-order valence-corrected chi connectivity index (χ1v) is 6.97. The number of hydrogen-bond acceptors (Lipinski definition) is 2. The third-order valence-electron chi connectivity index (χ3n) is 3.02. The minimum atomic E-state index is 0.366. The summed E-state index contributed by atoms with van der Waals surface area (Å²) in [6.45, 7) is 8.21. The summed E-state index contributed by atoms with van der Waals surface area (Å²) in [4.78, 5) is 0.366. The lowest BCUT2D eigenvalue weighted by molar-refractivity contribution is 0.423. The molecule has 2 atom stereocenters. The summed E-state index contributed by atoms with van der Waals surface area (Å²) in [6, 6.07) is 0. The molecule has 0 aromatic carbocycles. The Morgan fingerprint density at radius 1 is 1.36 bits per heavy atom. The van der Waals surface area contributed by atoms with E-state index in [9.17, 15) is 0 Å². The topological polar surface area (TPSA) is 12.0 Å². The van der Waals surface area contributed by atoms with Crippen molar-refractivity contribution in [1.82, 2.24) is 5.32 Å². The largest absolute Gasteiger partial charge is 0.303 e. The Bertz CT molecular complexity index is 160. The van der Waals surface area contributed by atoms with Crippen LogP contribution in [0.5, 0.6) is 0 Å². The second kappa shape index (κ2) is 6.02. The molecule has 1 nitrogen and oxygen atoms in total. The Kier molecular flexibility index (Phi) is 5.32. The van der Waals surface area contributed by atoms with Crippen LogP contribution < -0.4 is 5.32 Å². The summed E-state index contributed by atoms with van der Waals surface area (Å²) in [6.07, 6.45) is 8.20. The molecule has 1 aliphatic rings. The van der Waals surface area contributed by atoms with Crippen molar-refractivity contribution in [3.05, 3.63) is 0 Å². The van der Waals surface area contributed by atoms with Gasteiger partial charge in [0, 0.05) is 5.25 Å². The van der Waals surface area contributed by atoms with Crippen molar-refractivity contribution < 1.29 is 0 Å². The van der Waals surface area contributed by atoms with E-state index in [1.807, 2.05) is 0 Å². The van der Waals surface area contributed by atoms with E-state index in [0.29, 0.717) is 4.87 Å². The number of hydrogen-bond donors (Lipinski definition) is 1. The normalized spacial score (nSPS) is 33.2. The Hall–Kier alpha value is 0.310. The Balaban J connectivity index is 2.19. The molecule has 0 bridgehead atoms. The standard InChI is InChI=1S/C12H25NS/c1-4-5-6-7-9-12(3)13-10-8-11(2)14-12/h11,13H,4-10H2,1-3H3. The molecule has 1 N–H and O–H groups in total. The molecular weight excluding hydrogens is 190 g/mol. The van der Waals surface area contributed by atoms with Gasteiger partial charge in [-0.2, -0.15) is 0 Å². The molecule has 1 heterocycles. The molecule has 0 radical (unpaired) electrons. The summed E-state index contributed by atoms with van der Waals surface area (Å²) >= 11 is 2.14. The molecule has 1 aliphatic heterocycles. The van der Waals surface area contributed by atoms with E-state index in [1.54, 1.807) is 0 Å². The average Bonchev–Trinajstić information content (AvgIpc) is 2.12. The van der Waals surface area contributed by atoms with Crippen molar-refractivity contribution in [3.63, 3.8) is 0 Å². The van der Waals surface area contributed by atoms with Gasteiger partial charge in [0.2, 0.25) is 0 Å². The minimum absolute atomic E-state index is 0.366. The van der Waals surface area contributed by atoms with E-state index in [-0.39, 0.29) is 0 Å². The SMILES string of the molecule is CCCCCCC1(C)NCCC(C)S1. The van der Waals surface area contributed by atoms with Gasteiger partial charge < -0.3 is 5.32 Å². The lowest BCUT2D eigenvalue weighted by Gasteiger charge is -2.37. The van der Waals surface area contributed by atoms with Gasteiger partial charge in [-0.15, -0.1) is 11.8 Å². The van der Waals surface area contributed by atoms with Crippen LogP contribution in [0.3, 0.4) is 0 Å². The van der Waals surface area contributed by atoms with Gasteiger partial charge in [-0.3, -0.25) is 0 Å². The van der Waals surface area contributed by atoms with Crippen molar-refractivity contribution in [3.8, 4) is 0 Å². The molecule has 0 aromatic heterocycles. The Labute approximate surface area is 93.4 Å². The van der Waals surface area contributed by atoms with Crippen molar-refractivity contribution in [2.75, 3.05) is 6.54 Å². The second-order valence-corrected chi connectivity index (χ2v) is 6.63. The molecule has 84 valence electrons. The fraction of sp³-hybridized carbons (Fsp3) is 1.00. The Morgan fingerprint density at radius 2 is 2.14 bits per heavy atom. The van der Waals surface area contributed by atoms with Crippen LogP contribution in [0, 0.1) is 0 Å². The summed E-state index contributed by atoms with van der Waals surface area (Å²) in [5, 5.41) is 4.51. The van der Waals surface area contributed by atoms with Crippen LogP contribution in [-0.4, -0.2) is 16.7 Å². The molecular formula is C12H25NS. The molecule has 1 saturated heterocycles. The summed E-state index contributed by atoms with van der Waals surface area (Å²) in [7, 11) is 0. The summed E-state index contributed by atoms with van der Waals surface area (Å²) < 4.78 is 0. The predicted octanol–water partition coefficient (Wildman–Crippen LogP) is 3.79. The number of thioether (sulfide) groups is 1. The third-order valence-corrected chi connectivity index (χ3v) is 4.53. The van der Waals surface area contributed by atoms with Crippen molar-refractivity contribution in [2.45, 2.75) is 69.4 Å². The van der Waals surface area contributed by atoms with E-state index in [2.05, 4.69) is 37.8 Å². The molecule has 0 aromatic rings. The quantitative estimate of drug-likeness (QED) is 0.700. The highest BCUT2D eigenvalue weighted by atomic mass is 32.2. The molecule has 0 spiro atoms. The third kappa shape index (κ3) is 4.22. The van der Waals surface area contributed by atoms with E-state index >= 15 is 0 Å². The van der Waals surface area contributed by atoms with Gasteiger partial charge in [-0.1, -0.05) is 39.5 Å². The second-order valence-electron chi connectivity index (χ2n) is 4.69. The van der Waals surface area contributed by atoms with Gasteiger partial charge in [-0.05, 0) is 26.3 Å². The smallest absolute Gasteiger partial charge is 0.0619 e. The molecule has 14 heavy (non-hydrogen) atoms. The van der Waals surface area contributed by atoms with E-state index < -0.39 is 0 Å². The highest BCUT2D eigenvalue weighted by Gasteiger charge is 2.29. The van der Waals surface area contributed by atoms with Gasteiger partial charge in [0.05, 0.1) is 4.87 Å². The Morgan fingerprint density at radius 3 is 2.79 bits per heavy atom. The maximum absolute atomic E-state index is 3.67. The fourth-order valence-corrected chi connectivity index (χ4v) is 3.69. The summed E-state index contributed by atoms with van der Waals surface area (Å²) in [5.74, 6) is 0. The summed E-state index contributed by atoms with van der Waals surface area (Å²) in [5.41, 5.74) is 0. The van der Waals surface area contributed by atoms with E-state index in [1.165, 1.54) is 45.1 Å². The van der Waals surface area contributed by atoms with Crippen molar-refractivity contribution in [1.29, 1.82) is 0 Å². The monoisotopic (exact) mass is 215 g/mol. The first-order chi connectivity index (χ1) is 6.66. The van der Waals surface area contributed by atoms with Crippen LogP contribution in [0.15, 0.2) is 0 Å². The lowest BCUT2D eigenvalue weighted by atomic mass is 10.1. The maximum atomic E-state index is 3.67. The zero-order chi connectivity index (χ0) is 10.4. The van der Waals surface area contributed by atoms with Gasteiger partial charge in [0.1, 0.15) is 0 Å². The van der Waals surface area contributed by atoms with Crippen LogP contribution in [0.1, 0.15) is 59.3 Å². The first kappa shape index (κ1) is 12.4. The van der Waals surface area contributed by atoms with Crippen LogP contribution in [-0.2, 0) is 0 Å². The fourth-order valence-electron chi connectivity index (χ4n) is 2.12. The molecule has 1 fully saturated rings. The van der Waals surface area contributed by atoms with Crippen LogP contribution in [0.25, 0.3) is 0 Å². The molecule has 0 amide bonds. The molecule has 2 unspecified atom stereocenters. The predicted molar refractivity (Wildman–Crippen MR) is 66.8 cm³/mol. The minimum Gasteiger partial charge on any atom is -0.303 e. The number of nitrogens with one attached hydrogen (secondary N) is 1. The van der Waals surface area contributed by atoms with Gasteiger partial charge in [-0.25, -0.2) is 0 Å². The van der Waals surface area contributed by atoms with Crippen molar-refractivity contribution >= 4 is 11.8 Å². The van der Waals surface area contributed by atoms with E-state index in [0.717, 1.165) is 5.25 Å². The lowest BCUT2D eigenvalue weighted by Crippen LogP contribution is -2.45.